The number of imide groups is 1. The Morgan fingerprint density at radius 2 is 1.76 bits per heavy atom. The molecule has 0 aliphatic carbocycles. The monoisotopic (exact) mass is 505 g/mol. The van der Waals surface area contributed by atoms with Crippen LogP contribution in [0.5, 0.6) is 0 Å². The van der Waals surface area contributed by atoms with Crippen molar-refractivity contribution in [2.75, 3.05) is 26.2 Å². The summed E-state index contributed by atoms with van der Waals surface area (Å²) in [4.78, 5) is 63.9. The summed E-state index contributed by atoms with van der Waals surface area (Å²) in [5.41, 5.74) is 0.663. The maximum atomic E-state index is 12.8. The zero-order valence-electron chi connectivity index (χ0n) is 17.6. The van der Waals surface area contributed by atoms with Gasteiger partial charge in [0.25, 0.3) is 5.91 Å². The van der Waals surface area contributed by atoms with Crippen LogP contribution in [-0.2, 0) is 35.9 Å². The molecular weight excluding hydrogens is 481 g/mol. The summed E-state index contributed by atoms with van der Waals surface area (Å²) in [5, 5.41) is 4.75. The van der Waals surface area contributed by atoms with Gasteiger partial charge in [-0.2, -0.15) is 8.42 Å². The normalized spacial score (nSPS) is 19.2. The number of urea groups is 1. The first kappa shape index (κ1) is 27.7. The molecule has 15 heteroatoms. The van der Waals surface area contributed by atoms with E-state index in [9.17, 15) is 32.4 Å². The van der Waals surface area contributed by atoms with E-state index in [1.807, 2.05) is 0 Å². The maximum absolute atomic E-state index is 12.8. The number of benzene rings is 1. The molecule has 6 amide bonds. The average molecular weight is 505 g/mol. The quantitative estimate of drug-likeness (QED) is 0.158. The molecule has 2 heterocycles. The second kappa shape index (κ2) is 11.3. The molecule has 0 aromatic heterocycles. The zero-order chi connectivity index (χ0) is 24.3. The van der Waals surface area contributed by atoms with Crippen LogP contribution >= 0.6 is 0 Å². The number of nitrogens with one attached hydrogen (secondary N) is 2. The molecule has 1 unspecified atom stereocenters. The minimum absolute atomic E-state index is 0. The average Bonchev–Trinajstić information content (AvgIpc) is 2.76. The van der Waals surface area contributed by atoms with Gasteiger partial charge in [-0.15, -0.1) is 0 Å². The second-order valence-electron chi connectivity index (χ2n) is 7.44. The Morgan fingerprint density at radius 1 is 1.12 bits per heavy atom. The van der Waals surface area contributed by atoms with Gasteiger partial charge in [-0.1, -0.05) is 30.3 Å². The fraction of sp³-hybridized carbons (Fsp3) is 0.421. The van der Waals surface area contributed by atoms with Crippen molar-refractivity contribution in [3.05, 3.63) is 35.9 Å². The SMILES string of the molecule is CCN1CCN(C(=O)N[C@H](Cc2ccccc2)C(=O)NC2CN(S(=O)(=O)O)C2=O)C(=O)C1=O.[NaH]. The fourth-order valence-electron chi connectivity index (χ4n) is 3.44. The molecule has 0 spiro atoms. The summed E-state index contributed by atoms with van der Waals surface area (Å²) in [6.07, 6.45) is -0.00159. The van der Waals surface area contributed by atoms with Crippen molar-refractivity contribution in [2.45, 2.75) is 25.4 Å². The van der Waals surface area contributed by atoms with Crippen molar-refractivity contribution < 1.29 is 36.9 Å². The van der Waals surface area contributed by atoms with Gasteiger partial charge < -0.3 is 15.5 Å². The number of β-lactam (4-membered cyclic amide) rings is 1. The Kier molecular flexibility index (Phi) is 9.19. The number of carbonyl (C=O) groups is 5. The van der Waals surface area contributed by atoms with Gasteiger partial charge in [0, 0.05) is 26.1 Å². The van der Waals surface area contributed by atoms with E-state index >= 15 is 0 Å². The number of hydrogen-bond acceptors (Lipinski definition) is 7. The van der Waals surface area contributed by atoms with E-state index in [0.717, 1.165) is 0 Å². The van der Waals surface area contributed by atoms with Crippen LogP contribution in [0.4, 0.5) is 4.79 Å². The van der Waals surface area contributed by atoms with Crippen LogP contribution < -0.4 is 10.6 Å². The summed E-state index contributed by atoms with van der Waals surface area (Å²) < 4.78 is 31.3. The zero-order valence-corrected chi connectivity index (χ0v) is 18.4. The van der Waals surface area contributed by atoms with Crippen LogP contribution in [0.15, 0.2) is 30.3 Å². The number of hydrogen-bond donors (Lipinski definition) is 3. The van der Waals surface area contributed by atoms with Gasteiger partial charge in [-0.05, 0) is 12.5 Å². The van der Waals surface area contributed by atoms with Gasteiger partial charge in [0.15, 0.2) is 0 Å². The van der Waals surface area contributed by atoms with Crippen LogP contribution in [0.1, 0.15) is 12.5 Å². The first-order valence-corrected chi connectivity index (χ1v) is 11.5. The molecule has 1 aromatic rings. The third kappa shape index (κ3) is 6.13. The van der Waals surface area contributed by atoms with Gasteiger partial charge >= 0.3 is 57.7 Å². The van der Waals surface area contributed by atoms with E-state index in [1.54, 1.807) is 37.3 Å². The Hall–Kier alpha value is -2.52. The third-order valence-corrected chi connectivity index (χ3v) is 6.21. The van der Waals surface area contributed by atoms with Gasteiger partial charge in [0.2, 0.25) is 5.91 Å². The molecule has 0 saturated carbocycles. The van der Waals surface area contributed by atoms with E-state index in [2.05, 4.69) is 10.6 Å². The fourth-order valence-corrected chi connectivity index (χ4v) is 4.13. The van der Waals surface area contributed by atoms with Gasteiger partial charge in [-0.3, -0.25) is 28.6 Å². The predicted octanol–water partition coefficient (Wildman–Crippen LogP) is -2.52. The van der Waals surface area contributed by atoms with Crippen molar-refractivity contribution in [3.8, 4) is 0 Å². The molecule has 180 valence electrons. The van der Waals surface area contributed by atoms with Crippen molar-refractivity contribution >= 4 is 69.5 Å². The number of piperazine rings is 1. The summed E-state index contributed by atoms with van der Waals surface area (Å²) >= 11 is 0. The van der Waals surface area contributed by atoms with Crippen LogP contribution in [0.25, 0.3) is 0 Å². The van der Waals surface area contributed by atoms with E-state index in [-0.39, 0.29) is 53.4 Å². The number of amides is 6. The van der Waals surface area contributed by atoms with Crippen LogP contribution in [0, 0.1) is 0 Å². The molecule has 2 fully saturated rings. The summed E-state index contributed by atoms with van der Waals surface area (Å²) in [6, 6.07) is 5.22. The van der Waals surface area contributed by atoms with Crippen molar-refractivity contribution in [1.29, 1.82) is 0 Å². The van der Waals surface area contributed by atoms with E-state index in [0.29, 0.717) is 17.0 Å². The van der Waals surface area contributed by atoms with E-state index in [4.69, 9.17) is 4.55 Å². The summed E-state index contributed by atoms with van der Waals surface area (Å²) in [5.74, 6) is -3.66. The molecule has 3 N–H and O–H groups in total. The molecule has 2 aliphatic heterocycles. The first-order valence-electron chi connectivity index (χ1n) is 10.1. The number of carbonyl (C=O) groups excluding carboxylic acids is 5. The molecule has 34 heavy (non-hydrogen) atoms. The first-order chi connectivity index (χ1) is 15.5. The Balaban J connectivity index is 0.00000408. The number of likely N-dealkylation sites (N-methyl/N-ethyl adjacent to an activating group) is 1. The predicted molar refractivity (Wildman–Crippen MR) is 119 cm³/mol. The van der Waals surface area contributed by atoms with Gasteiger partial charge in [-0.25, -0.2) is 9.10 Å². The molecule has 2 aliphatic rings. The molecule has 3 rings (SSSR count). The third-order valence-electron chi connectivity index (χ3n) is 5.32. The standard InChI is InChI=1S/C19H23N5O8S.Na.H/c1-2-22-8-9-23(18(28)17(22)27)19(29)21-13(10-12-6-4-3-5-7-12)15(25)20-14-11-24(16(14)26)33(30,31)32;;/h3-7,13-14H,2,8-11H2,1H3,(H,20,25)(H,21,29)(H,30,31,32);;/t13-,14?;;/m1../s1. The van der Waals surface area contributed by atoms with Crippen LogP contribution in [-0.4, -0.2) is 125 Å². The molecule has 0 bridgehead atoms. The Bertz CT molecular complexity index is 1080. The molecular formula is C19H24N5NaO8S. The van der Waals surface area contributed by atoms with E-state index in [1.165, 1.54) is 4.90 Å². The topological polar surface area (TPSA) is 173 Å². The molecule has 2 saturated heterocycles. The van der Waals surface area contributed by atoms with Crippen molar-refractivity contribution in [2.24, 2.45) is 0 Å². The molecule has 1 aromatic carbocycles. The molecule has 13 nitrogen and oxygen atoms in total. The summed E-state index contributed by atoms with van der Waals surface area (Å²) in [6.45, 7) is 1.67. The Labute approximate surface area is 218 Å². The van der Waals surface area contributed by atoms with Crippen LogP contribution in [0.3, 0.4) is 0 Å². The molecule has 2 atom stereocenters. The van der Waals surface area contributed by atoms with Crippen molar-refractivity contribution in [1.82, 2.24) is 24.7 Å². The van der Waals surface area contributed by atoms with Gasteiger partial charge in [0.05, 0.1) is 6.54 Å². The Morgan fingerprint density at radius 3 is 2.32 bits per heavy atom. The number of nitrogens with zero attached hydrogens (tertiary/aromatic N) is 3. The second-order valence-corrected chi connectivity index (χ2v) is 8.78. The van der Waals surface area contributed by atoms with Gasteiger partial charge in [0.1, 0.15) is 12.1 Å². The van der Waals surface area contributed by atoms with E-state index < -0.39 is 58.6 Å². The molecule has 0 radical (unpaired) electrons. The van der Waals surface area contributed by atoms with Crippen LogP contribution in [0.2, 0.25) is 0 Å². The number of rotatable bonds is 7. The van der Waals surface area contributed by atoms with Crippen molar-refractivity contribution in [3.63, 3.8) is 0 Å². The minimum atomic E-state index is -4.72. The summed E-state index contributed by atoms with van der Waals surface area (Å²) in [7, 11) is -4.72.